The molecule has 0 aliphatic carbocycles. The minimum Gasteiger partial charge on any atom is -0.363 e. The van der Waals surface area contributed by atoms with Crippen molar-refractivity contribution in [2.24, 2.45) is 4.99 Å². The molecule has 2 nitrogen and oxygen atoms in total. The third-order valence-corrected chi connectivity index (χ3v) is 1.96. The van der Waals surface area contributed by atoms with E-state index in [-0.39, 0.29) is 0 Å². The molecule has 0 atom stereocenters. The van der Waals surface area contributed by atoms with Crippen LogP contribution in [0.2, 0.25) is 0 Å². The van der Waals surface area contributed by atoms with Gasteiger partial charge in [0.2, 0.25) is 0 Å². The summed E-state index contributed by atoms with van der Waals surface area (Å²) in [5.74, 6) is 0. The number of hydrogen-bond acceptors (Lipinski definition) is 3. The van der Waals surface area contributed by atoms with E-state index in [9.17, 15) is 0 Å². The Labute approximate surface area is 60.1 Å². The molecule has 0 spiro atoms. The van der Waals surface area contributed by atoms with Crippen LogP contribution in [-0.4, -0.2) is 23.5 Å². The van der Waals surface area contributed by atoms with E-state index in [4.69, 9.17) is 0 Å². The molecule has 1 heterocycles. The highest BCUT2D eigenvalue weighted by molar-refractivity contribution is 8.14. The zero-order valence-electron chi connectivity index (χ0n) is 5.85. The number of hydrogen-bond donors (Lipinski definition) is 1. The van der Waals surface area contributed by atoms with Crippen molar-refractivity contribution in [3.05, 3.63) is 0 Å². The molecule has 0 bridgehead atoms. The minimum absolute atomic E-state index is 0.648. The molecule has 52 valence electrons. The molecule has 0 fully saturated rings. The summed E-state index contributed by atoms with van der Waals surface area (Å²) in [4.78, 5) is 4.24. The average Bonchev–Trinajstić information content (AvgIpc) is 2.15. The zero-order valence-corrected chi connectivity index (χ0v) is 6.66. The van der Waals surface area contributed by atoms with E-state index >= 15 is 0 Å². The Kier molecular flexibility index (Phi) is 2.39. The van der Waals surface area contributed by atoms with Crippen molar-refractivity contribution in [1.82, 2.24) is 5.32 Å². The highest BCUT2D eigenvalue weighted by Gasteiger charge is 2.06. The van der Waals surface area contributed by atoms with Crippen molar-refractivity contribution >= 4 is 16.9 Å². The van der Waals surface area contributed by atoms with Crippen LogP contribution in [-0.2, 0) is 0 Å². The van der Waals surface area contributed by atoms with E-state index in [0.29, 0.717) is 5.25 Å². The Balaban J connectivity index is 2.26. The normalized spacial score (nSPS) is 17.9. The second-order valence-electron chi connectivity index (χ2n) is 2.28. The molecule has 9 heavy (non-hydrogen) atoms. The van der Waals surface area contributed by atoms with Gasteiger partial charge in [-0.2, -0.15) is 0 Å². The monoisotopic (exact) mass is 144 g/mol. The summed E-state index contributed by atoms with van der Waals surface area (Å²) in [6.07, 6.45) is 0. The Morgan fingerprint density at radius 3 is 2.89 bits per heavy atom. The van der Waals surface area contributed by atoms with Gasteiger partial charge < -0.3 is 5.32 Å². The van der Waals surface area contributed by atoms with Crippen LogP contribution in [0, 0.1) is 0 Å². The van der Waals surface area contributed by atoms with Gasteiger partial charge in [0.15, 0.2) is 5.17 Å². The van der Waals surface area contributed by atoms with Crippen molar-refractivity contribution in [3.8, 4) is 0 Å². The molecule has 0 aromatic rings. The Morgan fingerprint density at radius 2 is 2.44 bits per heavy atom. The molecular weight excluding hydrogens is 132 g/mol. The first-order chi connectivity index (χ1) is 4.29. The molecule has 1 aliphatic heterocycles. The quantitative estimate of drug-likeness (QED) is 0.595. The first-order valence-corrected chi connectivity index (χ1v) is 4.12. The van der Waals surface area contributed by atoms with Crippen molar-refractivity contribution < 1.29 is 0 Å². The second-order valence-corrected chi connectivity index (χ2v) is 3.85. The number of amidine groups is 1. The van der Waals surface area contributed by atoms with Crippen LogP contribution in [0.4, 0.5) is 0 Å². The van der Waals surface area contributed by atoms with Crippen LogP contribution < -0.4 is 5.32 Å². The fraction of sp³-hybridized carbons (Fsp3) is 0.833. The fourth-order valence-corrected chi connectivity index (χ4v) is 1.48. The maximum Gasteiger partial charge on any atom is 0.156 e. The van der Waals surface area contributed by atoms with Gasteiger partial charge in [-0.05, 0) is 0 Å². The molecule has 0 aromatic carbocycles. The van der Waals surface area contributed by atoms with Gasteiger partial charge in [0.05, 0.1) is 6.54 Å². The lowest BCUT2D eigenvalue weighted by Crippen LogP contribution is -2.16. The van der Waals surface area contributed by atoms with Crippen LogP contribution in [0.5, 0.6) is 0 Å². The third kappa shape index (κ3) is 2.26. The molecule has 3 heteroatoms. The molecule has 1 aliphatic rings. The zero-order chi connectivity index (χ0) is 6.69. The highest BCUT2D eigenvalue weighted by atomic mass is 32.2. The van der Waals surface area contributed by atoms with E-state index in [1.807, 2.05) is 0 Å². The van der Waals surface area contributed by atoms with Crippen LogP contribution in [0.3, 0.4) is 0 Å². The van der Waals surface area contributed by atoms with Gasteiger partial charge in [-0.1, -0.05) is 25.6 Å². The molecule has 0 unspecified atom stereocenters. The average molecular weight is 144 g/mol. The maximum atomic E-state index is 4.24. The van der Waals surface area contributed by atoms with Gasteiger partial charge in [0.25, 0.3) is 0 Å². The summed E-state index contributed by atoms with van der Waals surface area (Å²) in [5, 5.41) is 4.96. The topological polar surface area (TPSA) is 24.4 Å². The van der Waals surface area contributed by atoms with E-state index in [1.54, 1.807) is 11.8 Å². The lowest BCUT2D eigenvalue weighted by Gasteiger charge is -2.02. The maximum absolute atomic E-state index is 4.24. The van der Waals surface area contributed by atoms with Gasteiger partial charge >= 0.3 is 0 Å². The van der Waals surface area contributed by atoms with Gasteiger partial charge in [-0.3, -0.25) is 4.99 Å². The standard InChI is InChI=1S/C6H12N2S/c1-5(2)9-6-7-3-4-8-6/h5H,3-4H2,1-2H3,(H,7,8). The van der Waals surface area contributed by atoms with Crippen molar-refractivity contribution in [2.75, 3.05) is 13.1 Å². The Morgan fingerprint density at radius 1 is 1.67 bits per heavy atom. The van der Waals surface area contributed by atoms with Gasteiger partial charge in [-0.25, -0.2) is 0 Å². The van der Waals surface area contributed by atoms with Crippen LogP contribution in [0.15, 0.2) is 4.99 Å². The summed E-state index contributed by atoms with van der Waals surface area (Å²) in [6.45, 7) is 6.32. The van der Waals surface area contributed by atoms with Crippen LogP contribution in [0.25, 0.3) is 0 Å². The molecular formula is C6H12N2S. The smallest absolute Gasteiger partial charge is 0.156 e. The Hall–Kier alpha value is -0.180. The second kappa shape index (κ2) is 3.11. The van der Waals surface area contributed by atoms with E-state index in [1.165, 1.54) is 0 Å². The summed E-state index contributed by atoms with van der Waals surface area (Å²) in [5.41, 5.74) is 0. The van der Waals surface area contributed by atoms with Crippen LogP contribution in [0.1, 0.15) is 13.8 Å². The molecule has 0 aromatic heterocycles. The largest absolute Gasteiger partial charge is 0.363 e. The lowest BCUT2D eigenvalue weighted by molar-refractivity contribution is 0.963. The number of rotatable bonds is 1. The minimum atomic E-state index is 0.648. The third-order valence-electron chi connectivity index (χ3n) is 0.991. The van der Waals surface area contributed by atoms with Crippen molar-refractivity contribution in [3.63, 3.8) is 0 Å². The predicted molar refractivity (Wildman–Crippen MR) is 43.0 cm³/mol. The van der Waals surface area contributed by atoms with Gasteiger partial charge in [0.1, 0.15) is 0 Å². The molecule has 0 amide bonds. The van der Waals surface area contributed by atoms with Crippen LogP contribution >= 0.6 is 11.8 Å². The summed E-state index contributed by atoms with van der Waals surface area (Å²) >= 11 is 1.80. The number of nitrogens with zero attached hydrogens (tertiary/aromatic N) is 1. The molecule has 1 rings (SSSR count). The first kappa shape index (κ1) is 6.93. The molecule has 0 saturated carbocycles. The summed E-state index contributed by atoms with van der Waals surface area (Å²) < 4.78 is 0. The summed E-state index contributed by atoms with van der Waals surface area (Å²) in [7, 11) is 0. The van der Waals surface area contributed by atoms with Gasteiger partial charge in [-0.15, -0.1) is 0 Å². The van der Waals surface area contributed by atoms with E-state index in [0.717, 1.165) is 18.3 Å². The van der Waals surface area contributed by atoms with E-state index < -0.39 is 0 Å². The molecule has 0 radical (unpaired) electrons. The predicted octanol–water partition coefficient (Wildman–Crippen LogP) is 1.09. The van der Waals surface area contributed by atoms with Crippen molar-refractivity contribution in [1.29, 1.82) is 0 Å². The highest BCUT2D eigenvalue weighted by Crippen LogP contribution is 2.11. The van der Waals surface area contributed by atoms with Gasteiger partial charge in [0, 0.05) is 11.8 Å². The number of thioether (sulfide) groups is 1. The molecule has 0 saturated heterocycles. The number of nitrogens with one attached hydrogen (secondary N) is 1. The Bertz CT molecular complexity index is 120. The van der Waals surface area contributed by atoms with Crippen molar-refractivity contribution in [2.45, 2.75) is 19.1 Å². The molecule has 1 N–H and O–H groups in total. The number of aliphatic imine (C=N–C) groups is 1. The summed E-state index contributed by atoms with van der Waals surface area (Å²) in [6, 6.07) is 0. The van der Waals surface area contributed by atoms with E-state index in [2.05, 4.69) is 24.2 Å². The first-order valence-electron chi connectivity index (χ1n) is 3.24. The lowest BCUT2D eigenvalue weighted by atomic mass is 10.6. The SMILES string of the molecule is CC(C)SC1=NCCN1. The fourth-order valence-electron chi connectivity index (χ4n) is 0.678.